The molecule has 0 N–H and O–H groups in total. The summed E-state index contributed by atoms with van der Waals surface area (Å²) in [6.45, 7) is 2.85. The van der Waals surface area contributed by atoms with Crippen molar-refractivity contribution in [1.82, 2.24) is 0 Å². The van der Waals surface area contributed by atoms with Crippen molar-refractivity contribution >= 4 is 12.2 Å². The fourth-order valence-electron chi connectivity index (χ4n) is 0.676. The first kappa shape index (κ1) is 6.01. The number of aliphatic imine (C=N–C) groups is 1. The summed E-state index contributed by atoms with van der Waals surface area (Å²) < 4.78 is 4.56. The van der Waals surface area contributed by atoms with Gasteiger partial charge in [0.1, 0.15) is 5.76 Å². The molecule has 0 unspecified atom stereocenters. The second-order valence-corrected chi connectivity index (χ2v) is 1.71. The zero-order valence-electron chi connectivity index (χ0n) is 5.13. The van der Waals surface area contributed by atoms with Gasteiger partial charge < -0.3 is 4.74 Å². The van der Waals surface area contributed by atoms with Crippen molar-refractivity contribution in [3.63, 3.8) is 0 Å². The lowest BCUT2D eigenvalue weighted by atomic mass is 10.4. The summed E-state index contributed by atoms with van der Waals surface area (Å²) in [6.07, 6.45) is 1.77. The first-order chi connectivity index (χ1) is 4.34. The van der Waals surface area contributed by atoms with Gasteiger partial charge in [0.15, 0.2) is 0 Å². The maximum Gasteiger partial charge on any atom is 0.298 e. The first-order valence-corrected chi connectivity index (χ1v) is 2.66. The molecular formula is C6H7NO2. The molecule has 1 rings (SSSR count). The van der Waals surface area contributed by atoms with Crippen LogP contribution in [0.1, 0.15) is 6.92 Å². The van der Waals surface area contributed by atoms with Gasteiger partial charge in [-0.05, 0) is 13.0 Å². The van der Waals surface area contributed by atoms with Gasteiger partial charge in [0.05, 0.1) is 12.3 Å². The standard InChI is InChI=1S/C6H7NO2/c1-5-6(9-4-8)2-3-7-5/h2,4H,3H2,1H3. The van der Waals surface area contributed by atoms with Crippen molar-refractivity contribution < 1.29 is 9.53 Å². The van der Waals surface area contributed by atoms with E-state index >= 15 is 0 Å². The number of hydrogen-bond donors (Lipinski definition) is 0. The second kappa shape index (κ2) is 2.44. The van der Waals surface area contributed by atoms with Gasteiger partial charge in [0, 0.05) is 0 Å². The normalized spacial score (nSPS) is 16.6. The molecule has 1 aliphatic heterocycles. The Morgan fingerprint density at radius 1 is 1.89 bits per heavy atom. The number of carbonyl (C=O) groups excluding carboxylic acids is 1. The lowest BCUT2D eigenvalue weighted by molar-refractivity contribution is -0.124. The van der Waals surface area contributed by atoms with Crippen LogP contribution in [0.3, 0.4) is 0 Å². The maximum atomic E-state index is 9.79. The second-order valence-electron chi connectivity index (χ2n) is 1.71. The van der Waals surface area contributed by atoms with Gasteiger partial charge in [-0.15, -0.1) is 0 Å². The van der Waals surface area contributed by atoms with Crippen LogP contribution in [0, 0.1) is 0 Å². The van der Waals surface area contributed by atoms with Crippen LogP contribution >= 0.6 is 0 Å². The van der Waals surface area contributed by atoms with Gasteiger partial charge in [-0.1, -0.05) is 0 Å². The number of rotatable bonds is 2. The molecule has 0 amide bonds. The highest BCUT2D eigenvalue weighted by molar-refractivity contribution is 5.98. The van der Waals surface area contributed by atoms with Crippen LogP contribution in [-0.4, -0.2) is 18.7 Å². The first-order valence-electron chi connectivity index (χ1n) is 2.66. The Morgan fingerprint density at radius 3 is 3.11 bits per heavy atom. The average molecular weight is 125 g/mol. The van der Waals surface area contributed by atoms with Crippen molar-refractivity contribution in [3.05, 3.63) is 11.8 Å². The van der Waals surface area contributed by atoms with E-state index in [0.29, 0.717) is 18.8 Å². The zero-order chi connectivity index (χ0) is 6.69. The van der Waals surface area contributed by atoms with Crippen molar-refractivity contribution in [3.8, 4) is 0 Å². The highest BCUT2D eigenvalue weighted by atomic mass is 16.5. The summed E-state index contributed by atoms with van der Waals surface area (Å²) in [4.78, 5) is 13.8. The molecule has 0 saturated carbocycles. The lowest BCUT2D eigenvalue weighted by Crippen LogP contribution is -1.96. The largest absolute Gasteiger partial charge is 0.427 e. The molecule has 0 bridgehead atoms. The van der Waals surface area contributed by atoms with Crippen LogP contribution in [0.25, 0.3) is 0 Å². The molecule has 0 aromatic rings. The Bertz CT molecular complexity index is 181. The lowest BCUT2D eigenvalue weighted by Gasteiger charge is -1.94. The van der Waals surface area contributed by atoms with E-state index in [9.17, 15) is 4.79 Å². The Balaban J connectivity index is 2.60. The molecule has 3 heteroatoms. The molecule has 0 aromatic heterocycles. The maximum absolute atomic E-state index is 9.79. The van der Waals surface area contributed by atoms with Gasteiger partial charge in [-0.25, -0.2) is 0 Å². The molecule has 0 aliphatic carbocycles. The monoisotopic (exact) mass is 125 g/mol. The Morgan fingerprint density at radius 2 is 2.67 bits per heavy atom. The van der Waals surface area contributed by atoms with Gasteiger partial charge in [0.2, 0.25) is 0 Å². The third kappa shape index (κ3) is 1.16. The predicted molar refractivity (Wildman–Crippen MR) is 33.2 cm³/mol. The van der Waals surface area contributed by atoms with E-state index in [4.69, 9.17) is 0 Å². The van der Waals surface area contributed by atoms with Crippen LogP contribution < -0.4 is 0 Å². The van der Waals surface area contributed by atoms with E-state index < -0.39 is 0 Å². The molecule has 48 valence electrons. The zero-order valence-corrected chi connectivity index (χ0v) is 5.13. The highest BCUT2D eigenvalue weighted by Gasteiger charge is 2.06. The summed E-state index contributed by atoms with van der Waals surface area (Å²) >= 11 is 0. The molecule has 0 fully saturated rings. The number of allylic oxidation sites excluding steroid dienone is 1. The molecule has 0 aromatic carbocycles. The van der Waals surface area contributed by atoms with Crippen LogP contribution in [0.5, 0.6) is 0 Å². The summed E-state index contributed by atoms with van der Waals surface area (Å²) in [7, 11) is 0. The smallest absolute Gasteiger partial charge is 0.298 e. The topological polar surface area (TPSA) is 38.7 Å². The molecule has 3 nitrogen and oxygen atoms in total. The minimum atomic E-state index is 0.413. The third-order valence-electron chi connectivity index (χ3n) is 1.14. The van der Waals surface area contributed by atoms with Gasteiger partial charge in [-0.3, -0.25) is 9.79 Å². The number of carbonyl (C=O) groups is 1. The van der Waals surface area contributed by atoms with Crippen LogP contribution in [-0.2, 0) is 9.53 Å². The third-order valence-corrected chi connectivity index (χ3v) is 1.14. The minimum Gasteiger partial charge on any atom is -0.427 e. The van der Waals surface area contributed by atoms with Crippen LogP contribution in [0.2, 0.25) is 0 Å². The molecule has 1 aliphatic rings. The molecule has 0 spiro atoms. The van der Waals surface area contributed by atoms with Crippen molar-refractivity contribution in [2.45, 2.75) is 6.92 Å². The van der Waals surface area contributed by atoms with E-state index in [2.05, 4.69) is 9.73 Å². The summed E-state index contributed by atoms with van der Waals surface area (Å²) in [5.74, 6) is 0.588. The average Bonchev–Trinajstić information content (AvgIpc) is 2.18. The minimum absolute atomic E-state index is 0.413. The molecule has 9 heavy (non-hydrogen) atoms. The van der Waals surface area contributed by atoms with E-state index in [-0.39, 0.29) is 0 Å². The molecule has 0 radical (unpaired) electrons. The predicted octanol–water partition coefficient (Wildman–Crippen LogP) is 0.518. The van der Waals surface area contributed by atoms with E-state index in [0.717, 1.165) is 5.71 Å². The van der Waals surface area contributed by atoms with Crippen LogP contribution in [0.4, 0.5) is 0 Å². The molecular weight excluding hydrogens is 118 g/mol. The highest BCUT2D eigenvalue weighted by Crippen LogP contribution is 2.05. The summed E-state index contributed by atoms with van der Waals surface area (Å²) in [6, 6.07) is 0. The van der Waals surface area contributed by atoms with E-state index in [1.54, 1.807) is 6.08 Å². The van der Waals surface area contributed by atoms with E-state index in [1.807, 2.05) is 6.92 Å². The molecule has 1 heterocycles. The SMILES string of the molecule is CC1=NCC=C1OC=O. The number of hydrogen-bond acceptors (Lipinski definition) is 3. The van der Waals surface area contributed by atoms with Gasteiger partial charge in [0.25, 0.3) is 6.47 Å². The number of nitrogens with zero attached hydrogens (tertiary/aromatic N) is 1. The van der Waals surface area contributed by atoms with Crippen molar-refractivity contribution in [2.75, 3.05) is 6.54 Å². The summed E-state index contributed by atoms with van der Waals surface area (Å²) in [5.41, 5.74) is 0.794. The Hall–Kier alpha value is -1.12. The molecule has 0 atom stereocenters. The Kier molecular flexibility index (Phi) is 1.63. The number of ether oxygens (including phenoxy) is 1. The van der Waals surface area contributed by atoms with Gasteiger partial charge in [-0.2, -0.15) is 0 Å². The fraction of sp³-hybridized carbons (Fsp3) is 0.333. The Labute approximate surface area is 53.0 Å². The van der Waals surface area contributed by atoms with Gasteiger partial charge >= 0.3 is 0 Å². The van der Waals surface area contributed by atoms with Crippen molar-refractivity contribution in [1.29, 1.82) is 0 Å². The molecule has 0 saturated heterocycles. The fourth-order valence-corrected chi connectivity index (χ4v) is 0.676. The van der Waals surface area contributed by atoms with Crippen molar-refractivity contribution in [2.24, 2.45) is 4.99 Å². The van der Waals surface area contributed by atoms with Crippen LogP contribution in [0.15, 0.2) is 16.8 Å². The van der Waals surface area contributed by atoms with E-state index in [1.165, 1.54) is 0 Å². The summed E-state index contributed by atoms with van der Waals surface area (Å²) in [5, 5.41) is 0. The quantitative estimate of drug-likeness (QED) is 0.504.